The Balaban J connectivity index is 2.49. The van der Waals surface area contributed by atoms with Crippen molar-refractivity contribution in [3.05, 3.63) is 24.2 Å². The maximum absolute atomic E-state index is 9.45. The monoisotopic (exact) mass is 178 g/mol. The summed E-state index contributed by atoms with van der Waals surface area (Å²) in [5.41, 5.74) is 1.16. The van der Waals surface area contributed by atoms with Crippen LogP contribution in [0.3, 0.4) is 0 Å². The number of hydrogen-bond donors (Lipinski definition) is 1. The van der Waals surface area contributed by atoms with E-state index in [0.717, 1.165) is 0 Å². The fourth-order valence-electron chi connectivity index (χ4n) is 1.10. The molecule has 2 aromatic heterocycles. The minimum Gasteiger partial charge on any atom is -0.436 e. The van der Waals surface area contributed by atoms with E-state index < -0.39 is 6.10 Å². The van der Waals surface area contributed by atoms with E-state index in [1.54, 1.807) is 18.3 Å². The first kappa shape index (κ1) is 8.19. The first-order valence-electron chi connectivity index (χ1n) is 4.20. The van der Waals surface area contributed by atoms with Crippen molar-refractivity contribution in [2.75, 3.05) is 0 Å². The van der Waals surface area contributed by atoms with Gasteiger partial charge in [0.1, 0.15) is 6.10 Å². The first-order chi connectivity index (χ1) is 6.31. The predicted octanol–water partition coefficient (Wildman–Crippen LogP) is 1.67. The van der Waals surface area contributed by atoms with Crippen LogP contribution in [0.5, 0.6) is 0 Å². The molecule has 0 spiro atoms. The van der Waals surface area contributed by atoms with E-state index in [1.165, 1.54) is 0 Å². The molecule has 0 radical (unpaired) electrons. The van der Waals surface area contributed by atoms with Crippen molar-refractivity contribution in [2.24, 2.45) is 0 Å². The van der Waals surface area contributed by atoms with Crippen LogP contribution in [0.1, 0.15) is 25.3 Å². The third-order valence-electron chi connectivity index (χ3n) is 1.85. The summed E-state index contributed by atoms with van der Waals surface area (Å²) in [5.74, 6) is 0.344. The Labute approximate surface area is 75.2 Å². The number of nitrogens with zero attached hydrogens (tertiary/aromatic N) is 2. The van der Waals surface area contributed by atoms with Crippen LogP contribution in [0, 0.1) is 0 Å². The molecule has 4 heteroatoms. The van der Waals surface area contributed by atoms with E-state index in [-0.39, 0.29) is 0 Å². The molecule has 68 valence electrons. The number of pyridine rings is 1. The molecule has 4 nitrogen and oxygen atoms in total. The van der Waals surface area contributed by atoms with E-state index in [0.29, 0.717) is 23.5 Å². The highest BCUT2D eigenvalue weighted by molar-refractivity contribution is 5.66. The average Bonchev–Trinajstić information content (AvgIpc) is 2.59. The smallest absolute Gasteiger partial charge is 0.225 e. The van der Waals surface area contributed by atoms with Crippen LogP contribution in [0.2, 0.25) is 0 Å². The SMILES string of the molecule is CCC(O)c1nc2ncccc2o1. The molecule has 2 aromatic rings. The lowest BCUT2D eigenvalue weighted by atomic mass is 10.3. The van der Waals surface area contributed by atoms with E-state index in [4.69, 9.17) is 4.42 Å². The number of aliphatic hydroxyl groups is 1. The maximum Gasteiger partial charge on any atom is 0.225 e. The molecule has 0 bridgehead atoms. The quantitative estimate of drug-likeness (QED) is 0.759. The van der Waals surface area contributed by atoms with Crippen molar-refractivity contribution in [3.8, 4) is 0 Å². The molecule has 0 saturated heterocycles. The maximum atomic E-state index is 9.45. The second-order valence-corrected chi connectivity index (χ2v) is 2.80. The van der Waals surface area contributed by atoms with Crippen LogP contribution in [0.25, 0.3) is 11.2 Å². The van der Waals surface area contributed by atoms with Crippen molar-refractivity contribution < 1.29 is 9.52 Å². The van der Waals surface area contributed by atoms with Crippen LogP contribution < -0.4 is 0 Å². The highest BCUT2D eigenvalue weighted by Gasteiger charge is 2.12. The van der Waals surface area contributed by atoms with Gasteiger partial charge < -0.3 is 9.52 Å². The Morgan fingerprint density at radius 3 is 3.15 bits per heavy atom. The summed E-state index contributed by atoms with van der Waals surface area (Å²) >= 11 is 0. The van der Waals surface area contributed by atoms with Crippen LogP contribution in [-0.4, -0.2) is 15.1 Å². The fraction of sp³-hybridized carbons (Fsp3) is 0.333. The number of oxazole rings is 1. The Kier molecular flexibility index (Phi) is 1.98. The molecular formula is C9H10N2O2. The lowest BCUT2D eigenvalue weighted by Crippen LogP contribution is -1.94. The minimum atomic E-state index is -0.630. The Bertz CT molecular complexity index is 378. The average molecular weight is 178 g/mol. The summed E-state index contributed by atoms with van der Waals surface area (Å²) in [7, 11) is 0. The first-order valence-corrected chi connectivity index (χ1v) is 4.20. The number of fused-ring (bicyclic) bond motifs is 1. The van der Waals surface area contributed by atoms with Gasteiger partial charge in [-0.15, -0.1) is 0 Å². The Morgan fingerprint density at radius 2 is 2.46 bits per heavy atom. The molecule has 0 aliphatic rings. The highest BCUT2D eigenvalue weighted by Crippen LogP contribution is 2.19. The molecule has 13 heavy (non-hydrogen) atoms. The standard InChI is InChI=1S/C9H10N2O2/c1-2-6(12)9-11-8-7(13-9)4-3-5-10-8/h3-6,12H,2H2,1H3. The third-order valence-corrected chi connectivity index (χ3v) is 1.85. The van der Waals surface area contributed by atoms with Crippen LogP contribution >= 0.6 is 0 Å². The second-order valence-electron chi connectivity index (χ2n) is 2.80. The van der Waals surface area contributed by atoms with Gasteiger partial charge >= 0.3 is 0 Å². The van der Waals surface area contributed by atoms with Gasteiger partial charge in [-0.25, -0.2) is 4.98 Å². The molecule has 2 rings (SSSR count). The summed E-state index contributed by atoms with van der Waals surface area (Å²) in [4.78, 5) is 8.06. The zero-order valence-corrected chi connectivity index (χ0v) is 7.27. The zero-order valence-electron chi connectivity index (χ0n) is 7.27. The van der Waals surface area contributed by atoms with Crippen molar-refractivity contribution in [1.82, 2.24) is 9.97 Å². The van der Waals surface area contributed by atoms with Crippen LogP contribution in [0.15, 0.2) is 22.7 Å². The largest absolute Gasteiger partial charge is 0.436 e. The van der Waals surface area contributed by atoms with Gasteiger partial charge in [0.25, 0.3) is 0 Å². The van der Waals surface area contributed by atoms with Gasteiger partial charge in [-0.3, -0.25) is 0 Å². The Hall–Kier alpha value is -1.42. The van der Waals surface area contributed by atoms with E-state index >= 15 is 0 Å². The topological polar surface area (TPSA) is 59.2 Å². The molecule has 0 fully saturated rings. The van der Waals surface area contributed by atoms with Gasteiger partial charge in [-0.2, -0.15) is 4.98 Å². The van der Waals surface area contributed by atoms with Crippen molar-refractivity contribution in [3.63, 3.8) is 0 Å². The number of aliphatic hydroxyl groups excluding tert-OH is 1. The molecule has 1 N–H and O–H groups in total. The van der Waals surface area contributed by atoms with Crippen molar-refractivity contribution in [2.45, 2.75) is 19.4 Å². The summed E-state index contributed by atoms with van der Waals surface area (Å²) in [6, 6.07) is 3.55. The molecule has 0 aromatic carbocycles. The van der Waals surface area contributed by atoms with Crippen LogP contribution in [-0.2, 0) is 0 Å². The van der Waals surface area contributed by atoms with E-state index in [1.807, 2.05) is 6.92 Å². The number of hydrogen-bond acceptors (Lipinski definition) is 4. The summed E-state index contributed by atoms with van der Waals surface area (Å²) < 4.78 is 5.30. The van der Waals surface area contributed by atoms with E-state index in [9.17, 15) is 5.11 Å². The molecular weight excluding hydrogens is 168 g/mol. The van der Waals surface area contributed by atoms with Gasteiger partial charge in [0.05, 0.1) is 0 Å². The minimum absolute atomic E-state index is 0.344. The number of aromatic nitrogens is 2. The van der Waals surface area contributed by atoms with Crippen molar-refractivity contribution in [1.29, 1.82) is 0 Å². The van der Waals surface area contributed by atoms with Crippen LogP contribution in [0.4, 0.5) is 0 Å². The Morgan fingerprint density at radius 1 is 1.62 bits per heavy atom. The second kappa shape index (κ2) is 3.14. The van der Waals surface area contributed by atoms with Gasteiger partial charge in [-0.1, -0.05) is 6.92 Å². The lowest BCUT2D eigenvalue weighted by Gasteiger charge is -1.98. The normalized spacial score (nSPS) is 13.4. The highest BCUT2D eigenvalue weighted by atomic mass is 16.4. The molecule has 0 saturated carbocycles. The summed E-state index contributed by atoms with van der Waals surface area (Å²) in [6.45, 7) is 1.87. The van der Waals surface area contributed by atoms with Crippen molar-refractivity contribution >= 4 is 11.2 Å². The van der Waals surface area contributed by atoms with Gasteiger partial charge in [0.2, 0.25) is 5.89 Å². The van der Waals surface area contributed by atoms with E-state index in [2.05, 4.69) is 9.97 Å². The molecule has 0 aliphatic carbocycles. The molecule has 0 amide bonds. The van der Waals surface area contributed by atoms with Gasteiger partial charge in [0.15, 0.2) is 11.2 Å². The molecule has 0 aliphatic heterocycles. The number of rotatable bonds is 2. The lowest BCUT2D eigenvalue weighted by molar-refractivity contribution is 0.142. The summed E-state index contributed by atoms with van der Waals surface area (Å²) in [5, 5.41) is 9.45. The molecule has 1 unspecified atom stereocenters. The van der Waals surface area contributed by atoms with Gasteiger partial charge in [-0.05, 0) is 18.6 Å². The molecule has 2 heterocycles. The third kappa shape index (κ3) is 1.40. The summed E-state index contributed by atoms with van der Waals surface area (Å²) in [6.07, 6.45) is 1.61. The molecule has 1 atom stereocenters. The zero-order chi connectivity index (χ0) is 9.26. The van der Waals surface area contributed by atoms with Gasteiger partial charge in [0, 0.05) is 6.20 Å². The fourth-order valence-corrected chi connectivity index (χ4v) is 1.10. The predicted molar refractivity (Wildman–Crippen MR) is 47.1 cm³/mol.